The number of allylic oxidation sites excluding steroid dienone is 1. The first-order chi connectivity index (χ1) is 13.1. The van der Waals surface area contributed by atoms with Crippen molar-refractivity contribution in [2.24, 2.45) is 5.92 Å². The van der Waals surface area contributed by atoms with Crippen LogP contribution in [0.4, 0.5) is 4.39 Å². The van der Waals surface area contributed by atoms with Gasteiger partial charge in [-0.05, 0) is 43.7 Å². The Morgan fingerprint density at radius 2 is 2.07 bits per heavy atom. The summed E-state index contributed by atoms with van der Waals surface area (Å²) in [5, 5.41) is 12.0. The largest absolute Gasteiger partial charge is 0.353 e. The topological polar surface area (TPSA) is 59.8 Å². The number of carbonyl (C=O) groups excluding carboxylic acids is 1. The number of nitrogens with one attached hydrogen (secondary N) is 1. The number of nitrogens with zero attached hydrogens (tertiary/aromatic N) is 3. The Morgan fingerprint density at radius 1 is 1.33 bits per heavy atom. The fourth-order valence-electron chi connectivity index (χ4n) is 3.33. The predicted octanol–water partition coefficient (Wildman–Crippen LogP) is 4.06. The van der Waals surface area contributed by atoms with Gasteiger partial charge in [0.1, 0.15) is 5.82 Å². The number of hydrogen-bond donors (Lipinski definition) is 1. The Hall–Kier alpha value is -2.15. The highest BCUT2D eigenvalue weighted by Crippen LogP contribution is 2.26. The lowest BCUT2D eigenvalue weighted by Crippen LogP contribution is -2.38. The smallest absolute Gasteiger partial charge is 0.230 e. The van der Waals surface area contributed by atoms with Gasteiger partial charge in [-0.2, -0.15) is 0 Å². The van der Waals surface area contributed by atoms with Gasteiger partial charge in [0.15, 0.2) is 11.0 Å². The second-order valence-electron chi connectivity index (χ2n) is 7.00. The zero-order chi connectivity index (χ0) is 19.2. The minimum absolute atomic E-state index is 0.000137. The molecular formula is C20H25FN4OS. The van der Waals surface area contributed by atoms with Crippen LogP contribution in [0, 0.1) is 11.7 Å². The third kappa shape index (κ3) is 4.97. The first kappa shape index (κ1) is 19.6. The SMILES string of the molecule is C=CCn1c(SCC(=O)NC2CCC(C)CC2)nnc1-c1ccccc1F. The van der Waals surface area contributed by atoms with Crippen LogP contribution in [0.3, 0.4) is 0 Å². The predicted molar refractivity (Wildman–Crippen MR) is 106 cm³/mol. The van der Waals surface area contributed by atoms with Crippen LogP contribution in [-0.2, 0) is 11.3 Å². The van der Waals surface area contributed by atoms with Crippen molar-refractivity contribution in [3.63, 3.8) is 0 Å². The normalized spacial score (nSPS) is 19.6. The maximum Gasteiger partial charge on any atom is 0.230 e. The number of thioether (sulfide) groups is 1. The molecule has 3 rings (SSSR count). The van der Waals surface area contributed by atoms with Crippen molar-refractivity contribution in [2.45, 2.75) is 50.4 Å². The molecule has 1 aromatic carbocycles. The van der Waals surface area contributed by atoms with Crippen molar-refractivity contribution in [1.82, 2.24) is 20.1 Å². The molecule has 0 saturated heterocycles. The monoisotopic (exact) mass is 388 g/mol. The van der Waals surface area contributed by atoms with Crippen LogP contribution < -0.4 is 5.32 Å². The summed E-state index contributed by atoms with van der Waals surface area (Å²) in [6, 6.07) is 6.74. The van der Waals surface area contributed by atoms with Crippen LogP contribution in [-0.4, -0.2) is 32.5 Å². The number of rotatable bonds is 7. The third-order valence-corrected chi connectivity index (χ3v) is 5.82. The first-order valence-corrected chi connectivity index (χ1v) is 10.3. The van der Waals surface area contributed by atoms with Crippen LogP contribution in [0.25, 0.3) is 11.4 Å². The van der Waals surface area contributed by atoms with Crippen LogP contribution in [0.1, 0.15) is 32.6 Å². The van der Waals surface area contributed by atoms with E-state index in [-0.39, 0.29) is 23.5 Å². The van der Waals surface area contributed by atoms with Crippen molar-refractivity contribution in [3.05, 3.63) is 42.7 Å². The lowest BCUT2D eigenvalue weighted by Gasteiger charge is -2.26. The van der Waals surface area contributed by atoms with E-state index in [2.05, 4.69) is 29.0 Å². The number of benzene rings is 1. The van der Waals surface area contributed by atoms with Gasteiger partial charge in [0, 0.05) is 12.6 Å². The van der Waals surface area contributed by atoms with Gasteiger partial charge in [0.25, 0.3) is 0 Å². The van der Waals surface area contributed by atoms with Gasteiger partial charge in [-0.25, -0.2) is 4.39 Å². The highest BCUT2D eigenvalue weighted by Gasteiger charge is 2.21. The Balaban J connectivity index is 1.65. The Kier molecular flexibility index (Phi) is 6.66. The number of carbonyl (C=O) groups is 1. The van der Waals surface area contributed by atoms with Gasteiger partial charge in [-0.1, -0.05) is 36.9 Å². The van der Waals surface area contributed by atoms with Crippen molar-refractivity contribution < 1.29 is 9.18 Å². The van der Waals surface area contributed by atoms with E-state index in [1.165, 1.54) is 17.8 Å². The molecule has 7 heteroatoms. The molecule has 144 valence electrons. The molecule has 0 bridgehead atoms. The van der Waals surface area contributed by atoms with Crippen LogP contribution in [0.2, 0.25) is 0 Å². The highest BCUT2D eigenvalue weighted by atomic mass is 32.2. The quantitative estimate of drug-likeness (QED) is 0.574. The van der Waals surface area contributed by atoms with E-state index in [1.807, 2.05) is 0 Å². The Labute approximate surface area is 163 Å². The van der Waals surface area contributed by atoms with Crippen molar-refractivity contribution in [2.75, 3.05) is 5.75 Å². The van der Waals surface area contributed by atoms with Gasteiger partial charge in [-0.15, -0.1) is 16.8 Å². The summed E-state index contributed by atoms with van der Waals surface area (Å²) in [7, 11) is 0. The number of hydrogen-bond acceptors (Lipinski definition) is 4. The zero-order valence-electron chi connectivity index (χ0n) is 15.5. The minimum Gasteiger partial charge on any atom is -0.353 e. The highest BCUT2D eigenvalue weighted by molar-refractivity contribution is 7.99. The zero-order valence-corrected chi connectivity index (χ0v) is 16.3. The summed E-state index contributed by atoms with van der Waals surface area (Å²) in [5.74, 6) is 1.11. The molecule has 0 radical (unpaired) electrons. The molecule has 0 aliphatic heterocycles. The Morgan fingerprint density at radius 3 is 2.78 bits per heavy atom. The standard InChI is InChI=1S/C20H25FN4OS/c1-3-12-25-19(16-6-4-5-7-17(16)21)23-24-20(25)27-13-18(26)22-15-10-8-14(2)9-11-15/h3-7,14-15H,1,8-13H2,2H3,(H,22,26). The van der Waals surface area contributed by atoms with Gasteiger partial charge >= 0.3 is 0 Å². The molecule has 5 nitrogen and oxygen atoms in total. The van der Waals surface area contributed by atoms with E-state index in [9.17, 15) is 9.18 Å². The van der Waals surface area contributed by atoms with Crippen LogP contribution in [0.5, 0.6) is 0 Å². The van der Waals surface area contributed by atoms with Gasteiger partial charge < -0.3 is 5.32 Å². The molecule has 27 heavy (non-hydrogen) atoms. The molecule has 1 N–H and O–H groups in total. The molecule has 0 spiro atoms. The summed E-state index contributed by atoms with van der Waals surface area (Å²) in [5.41, 5.74) is 0.388. The molecule has 1 aromatic heterocycles. The number of halogens is 1. The molecular weight excluding hydrogens is 363 g/mol. The average Bonchev–Trinajstić information content (AvgIpc) is 3.05. The molecule has 1 fully saturated rings. The molecule has 1 amide bonds. The van der Waals surface area contributed by atoms with Gasteiger partial charge in [0.05, 0.1) is 11.3 Å². The van der Waals surface area contributed by atoms with E-state index in [0.29, 0.717) is 23.1 Å². The number of aromatic nitrogens is 3. The molecule has 1 aliphatic rings. The summed E-state index contributed by atoms with van der Waals surface area (Å²) in [6.07, 6.45) is 6.12. The first-order valence-electron chi connectivity index (χ1n) is 9.29. The van der Waals surface area contributed by atoms with Gasteiger partial charge in [0.2, 0.25) is 5.91 Å². The van der Waals surface area contributed by atoms with Gasteiger partial charge in [-0.3, -0.25) is 9.36 Å². The van der Waals surface area contributed by atoms with E-state index >= 15 is 0 Å². The van der Waals surface area contributed by atoms with Crippen molar-refractivity contribution >= 4 is 17.7 Å². The third-order valence-electron chi connectivity index (χ3n) is 4.86. The maximum atomic E-state index is 14.1. The fraction of sp³-hybridized carbons (Fsp3) is 0.450. The maximum absolute atomic E-state index is 14.1. The average molecular weight is 389 g/mol. The van der Waals surface area contributed by atoms with Crippen LogP contribution in [0.15, 0.2) is 42.1 Å². The number of amides is 1. The second kappa shape index (κ2) is 9.17. The molecule has 1 saturated carbocycles. The molecule has 0 atom stereocenters. The van der Waals surface area contributed by atoms with Crippen molar-refractivity contribution in [1.29, 1.82) is 0 Å². The summed E-state index contributed by atoms with van der Waals surface area (Å²) in [6.45, 7) is 6.46. The van der Waals surface area contributed by atoms with E-state index in [1.54, 1.807) is 28.8 Å². The molecule has 1 aliphatic carbocycles. The van der Waals surface area contributed by atoms with Crippen molar-refractivity contribution in [3.8, 4) is 11.4 Å². The van der Waals surface area contributed by atoms with Crippen LogP contribution >= 0.6 is 11.8 Å². The van der Waals surface area contributed by atoms with E-state index in [0.717, 1.165) is 31.6 Å². The Bertz CT molecular complexity index is 799. The summed E-state index contributed by atoms with van der Waals surface area (Å²) >= 11 is 1.31. The molecule has 0 unspecified atom stereocenters. The fourth-order valence-corrected chi connectivity index (χ4v) is 4.09. The lowest BCUT2D eigenvalue weighted by atomic mass is 9.87. The van der Waals surface area contributed by atoms with E-state index < -0.39 is 0 Å². The molecule has 1 heterocycles. The molecule has 2 aromatic rings. The minimum atomic E-state index is -0.351. The summed E-state index contributed by atoms with van der Waals surface area (Å²) < 4.78 is 15.9. The summed E-state index contributed by atoms with van der Waals surface area (Å²) in [4.78, 5) is 12.3. The van der Waals surface area contributed by atoms with E-state index in [4.69, 9.17) is 0 Å². The second-order valence-corrected chi connectivity index (χ2v) is 7.94. The lowest BCUT2D eigenvalue weighted by molar-refractivity contribution is -0.119.